The van der Waals surface area contributed by atoms with E-state index < -0.39 is 0 Å². The van der Waals surface area contributed by atoms with E-state index in [1.165, 1.54) is 24.3 Å². The van der Waals surface area contributed by atoms with Gasteiger partial charge in [0.25, 0.3) is 0 Å². The van der Waals surface area contributed by atoms with Crippen LogP contribution in [-0.4, -0.2) is 41.6 Å². The van der Waals surface area contributed by atoms with E-state index in [1.807, 2.05) is 11.8 Å². The molecule has 2 N–H and O–H groups in total. The highest BCUT2D eigenvalue weighted by atomic mass is 32.2. The molecule has 0 spiro atoms. The minimum absolute atomic E-state index is 0.292. The maximum atomic E-state index is 5.91. The van der Waals surface area contributed by atoms with Gasteiger partial charge in [-0.3, -0.25) is 4.90 Å². The summed E-state index contributed by atoms with van der Waals surface area (Å²) in [5.74, 6) is 2.49. The van der Waals surface area contributed by atoms with E-state index in [0.717, 1.165) is 6.54 Å². The molecule has 1 heterocycles. The lowest BCUT2D eigenvalue weighted by atomic mass is 9.95. The lowest BCUT2D eigenvalue weighted by Gasteiger charge is -2.41. The number of thioether (sulfide) groups is 1. The summed E-state index contributed by atoms with van der Waals surface area (Å²) >= 11 is 2.04. The van der Waals surface area contributed by atoms with E-state index in [9.17, 15) is 0 Å². The number of nitrogens with two attached hydrogens (primary N) is 1. The van der Waals surface area contributed by atoms with Crippen LogP contribution in [0.1, 0.15) is 26.7 Å². The minimum atomic E-state index is 0.292. The standard InChI is InChI=1S/C10H22N2S/c1-4-9(2)12(3)10(7-11)5-6-13-8-10/h9H,4-8,11H2,1-3H3. The van der Waals surface area contributed by atoms with Gasteiger partial charge in [0.05, 0.1) is 0 Å². The fourth-order valence-corrected chi connectivity index (χ4v) is 3.44. The Bertz CT molecular complexity index is 155. The lowest BCUT2D eigenvalue weighted by molar-refractivity contribution is 0.104. The fraction of sp³-hybridized carbons (Fsp3) is 1.00. The third kappa shape index (κ3) is 2.20. The molecule has 1 saturated heterocycles. The third-order valence-corrected chi connectivity index (χ3v) is 4.70. The highest BCUT2D eigenvalue weighted by molar-refractivity contribution is 7.99. The van der Waals surface area contributed by atoms with Crippen molar-refractivity contribution in [2.45, 2.75) is 38.3 Å². The number of nitrogens with zero attached hydrogens (tertiary/aromatic N) is 1. The van der Waals surface area contributed by atoms with Crippen LogP contribution in [-0.2, 0) is 0 Å². The fourth-order valence-electron chi connectivity index (χ4n) is 1.92. The van der Waals surface area contributed by atoms with Crippen molar-refractivity contribution < 1.29 is 0 Å². The van der Waals surface area contributed by atoms with Crippen molar-refractivity contribution in [3.63, 3.8) is 0 Å². The first kappa shape index (κ1) is 11.3. The molecule has 0 radical (unpaired) electrons. The van der Waals surface area contributed by atoms with Crippen molar-refractivity contribution >= 4 is 11.8 Å². The van der Waals surface area contributed by atoms with Crippen molar-refractivity contribution in [3.8, 4) is 0 Å². The Morgan fingerprint density at radius 1 is 1.62 bits per heavy atom. The van der Waals surface area contributed by atoms with Crippen LogP contribution in [0.25, 0.3) is 0 Å². The molecule has 2 unspecified atom stereocenters. The van der Waals surface area contributed by atoms with E-state index >= 15 is 0 Å². The van der Waals surface area contributed by atoms with Crippen molar-refractivity contribution in [2.24, 2.45) is 5.73 Å². The van der Waals surface area contributed by atoms with E-state index in [-0.39, 0.29) is 0 Å². The summed E-state index contributed by atoms with van der Waals surface area (Å²) in [5, 5.41) is 0. The number of hydrogen-bond acceptors (Lipinski definition) is 3. The summed E-state index contributed by atoms with van der Waals surface area (Å²) in [4.78, 5) is 2.49. The molecule has 0 aliphatic carbocycles. The topological polar surface area (TPSA) is 29.3 Å². The van der Waals surface area contributed by atoms with Gasteiger partial charge < -0.3 is 5.73 Å². The van der Waals surface area contributed by atoms with E-state index in [2.05, 4.69) is 25.8 Å². The summed E-state index contributed by atoms with van der Waals surface area (Å²) in [6.45, 7) is 5.34. The monoisotopic (exact) mass is 202 g/mol. The molecule has 0 bridgehead atoms. The molecule has 13 heavy (non-hydrogen) atoms. The molecule has 2 atom stereocenters. The van der Waals surface area contributed by atoms with Gasteiger partial charge >= 0.3 is 0 Å². The highest BCUT2D eigenvalue weighted by Crippen LogP contribution is 2.33. The zero-order valence-corrected chi connectivity index (χ0v) is 9.86. The molecule has 1 aliphatic rings. The average Bonchev–Trinajstić information content (AvgIpc) is 2.65. The maximum absolute atomic E-state index is 5.91. The second-order valence-corrected chi connectivity index (χ2v) is 5.20. The largest absolute Gasteiger partial charge is 0.329 e. The van der Waals surface area contributed by atoms with Crippen LogP contribution in [0.2, 0.25) is 0 Å². The van der Waals surface area contributed by atoms with E-state index in [1.54, 1.807) is 0 Å². The Morgan fingerprint density at radius 2 is 2.31 bits per heavy atom. The SMILES string of the molecule is CCC(C)N(C)C1(CN)CCSC1. The van der Waals surface area contributed by atoms with E-state index in [4.69, 9.17) is 5.73 Å². The first-order valence-electron chi connectivity index (χ1n) is 5.17. The summed E-state index contributed by atoms with van der Waals surface area (Å²) in [6, 6.07) is 0.655. The van der Waals surface area contributed by atoms with Crippen molar-refractivity contribution in [1.29, 1.82) is 0 Å². The molecule has 0 aromatic heterocycles. The Balaban J connectivity index is 2.64. The Kier molecular flexibility index (Phi) is 4.07. The molecule has 78 valence electrons. The summed E-state index contributed by atoms with van der Waals surface area (Å²) < 4.78 is 0. The second kappa shape index (κ2) is 4.67. The van der Waals surface area contributed by atoms with Crippen LogP contribution >= 0.6 is 11.8 Å². The van der Waals surface area contributed by atoms with Gasteiger partial charge in [0.1, 0.15) is 0 Å². The predicted molar refractivity (Wildman–Crippen MR) is 61.2 cm³/mol. The Hall–Kier alpha value is 0.270. The third-order valence-electron chi connectivity index (χ3n) is 3.46. The van der Waals surface area contributed by atoms with Crippen LogP contribution in [0.4, 0.5) is 0 Å². The van der Waals surface area contributed by atoms with Gasteiger partial charge in [-0.05, 0) is 32.6 Å². The molecule has 2 nitrogen and oxygen atoms in total. The molecule has 0 saturated carbocycles. The van der Waals surface area contributed by atoms with Gasteiger partial charge in [-0.2, -0.15) is 11.8 Å². The quantitative estimate of drug-likeness (QED) is 0.750. The normalized spacial score (nSPS) is 31.2. The number of hydrogen-bond donors (Lipinski definition) is 1. The van der Waals surface area contributed by atoms with Gasteiger partial charge in [-0.25, -0.2) is 0 Å². The second-order valence-electron chi connectivity index (χ2n) is 4.10. The van der Waals surface area contributed by atoms with Crippen LogP contribution in [0.15, 0.2) is 0 Å². The van der Waals surface area contributed by atoms with Gasteiger partial charge in [0, 0.05) is 23.9 Å². The molecule has 0 aromatic carbocycles. The predicted octanol–water partition coefficient (Wildman–Crippen LogP) is 1.55. The minimum Gasteiger partial charge on any atom is -0.329 e. The average molecular weight is 202 g/mol. The summed E-state index contributed by atoms with van der Waals surface area (Å²) in [7, 11) is 2.23. The van der Waals surface area contributed by atoms with Crippen molar-refractivity contribution in [1.82, 2.24) is 4.90 Å². The number of rotatable bonds is 4. The smallest absolute Gasteiger partial charge is 0.0429 e. The molecule has 1 fully saturated rings. The lowest BCUT2D eigenvalue weighted by Crippen LogP contribution is -2.55. The summed E-state index contributed by atoms with van der Waals surface area (Å²) in [5.41, 5.74) is 6.20. The number of likely N-dealkylation sites (N-methyl/N-ethyl adjacent to an activating group) is 1. The maximum Gasteiger partial charge on any atom is 0.0429 e. The van der Waals surface area contributed by atoms with Crippen LogP contribution in [0.5, 0.6) is 0 Å². The highest BCUT2D eigenvalue weighted by Gasteiger charge is 2.38. The van der Waals surface area contributed by atoms with Gasteiger partial charge in [-0.1, -0.05) is 6.92 Å². The van der Waals surface area contributed by atoms with Crippen LogP contribution < -0.4 is 5.73 Å². The zero-order chi connectivity index (χ0) is 9.90. The molecule has 0 aromatic rings. The first-order valence-corrected chi connectivity index (χ1v) is 6.32. The van der Waals surface area contributed by atoms with Crippen LogP contribution in [0.3, 0.4) is 0 Å². The first-order chi connectivity index (χ1) is 6.16. The van der Waals surface area contributed by atoms with Gasteiger partial charge in [-0.15, -0.1) is 0 Å². The van der Waals surface area contributed by atoms with Crippen molar-refractivity contribution in [3.05, 3.63) is 0 Å². The van der Waals surface area contributed by atoms with E-state index in [0.29, 0.717) is 11.6 Å². The zero-order valence-electron chi connectivity index (χ0n) is 9.05. The molecular formula is C10H22N2S. The Morgan fingerprint density at radius 3 is 2.69 bits per heavy atom. The van der Waals surface area contributed by atoms with Gasteiger partial charge in [0.15, 0.2) is 0 Å². The molecule has 1 aliphatic heterocycles. The van der Waals surface area contributed by atoms with Crippen LogP contribution in [0, 0.1) is 0 Å². The molecule has 1 rings (SSSR count). The Labute approximate surface area is 86.2 Å². The molecule has 3 heteroatoms. The molecular weight excluding hydrogens is 180 g/mol. The molecule has 0 amide bonds. The van der Waals surface area contributed by atoms with Crippen molar-refractivity contribution in [2.75, 3.05) is 25.1 Å². The summed E-state index contributed by atoms with van der Waals surface area (Å²) in [6.07, 6.45) is 2.47. The van der Waals surface area contributed by atoms with Gasteiger partial charge in [0.2, 0.25) is 0 Å².